The number of aliphatic hydroxyl groups excluding tert-OH is 1. The van der Waals surface area contributed by atoms with Crippen LogP contribution in [-0.2, 0) is 6.18 Å². The Kier molecular flexibility index (Phi) is 5.19. The maximum Gasteiger partial charge on any atom is 0.417 e. The number of aliphatic hydroxyl groups is 1. The van der Waals surface area contributed by atoms with Crippen LogP contribution in [0.2, 0.25) is 0 Å². The predicted octanol–water partition coefficient (Wildman–Crippen LogP) is 3.15. The molecule has 0 amide bonds. The highest BCUT2D eigenvalue weighted by atomic mass is 19.4. The summed E-state index contributed by atoms with van der Waals surface area (Å²) in [7, 11) is 0. The van der Waals surface area contributed by atoms with Gasteiger partial charge >= 0.3 is 6.18 Å². The molecule has 0 aliphatic heterocycles. The third-order valence-electron chi connectivity index (χ3n) is 2.72. The normalized spacial score (nSPS) is 12.8. The SMILES string of the molecule is CCC(O)CCNc1ccc(C(F)(F)F)c(C#N)c1. The molecule has 1 rings (SSSR count). The number of benzene rings is 1. The molecule has 0 fully saturated rings. The molecule has 0 bridgehead atoms. The van der Waals surface area contributed by atoms with Crippen molar-refractivity contribution in [3.63, 3.8) is 0 Å². The van der Waals surface area contributed by atoms with Crippen molar-refractivity contribution in [3.05, 3.63) is 29.3 Å². The van der Waals surface area contributed by atoms with Crippen LogP contribution < -0.4 is 5.32 Å². The summed E-state index contributed by atoms with van der Waals surface area (Å²) < 4.78 is 37.7. The van der Waals surface area contributed by atoms with Gasteiger partial charge in [0.2, 0.25) is 0 Å². The zero-order valence-corrected chi connectivity index (χ0v) is 10.5. The third kappa shape index (κ3) is 4.45. The van der Waals surface area contributed by atoms with Crippen molar-refractivity contribution < 1.29 is 18.3 Å². The summed E-state index contributed by atoms with van der Waals surface area (Å²) in [5, 5.41) is 21.0. The monoisotopic (exact) mass is 272 g/mol. The van der Waals surface area contributed by atoms with Crippen LogP contribution in [0.1, 0.15) is 30.9 Å². The molecule has 0 aromatic heterocycles. The number of nitrogens with zero attached hydrogens (tertiary/aromatic N) is 1. The van der Waals surface area contributed by atoms with E-state index in [0.29, 0.717) is 25.1 Å². The lowest BCUT2D eigenvalue weighted by Gasteiger charge is -2.12. The first-order chi connectivity index (χ1) is 8.88. The van der Waals surface area contributed by atoms with E-state index in [1.54, 1.807) is 6.07 Å². The smallest absolute Gasteiger partial charge is 0.393 e. The van der Waals surface area contributed by atoms with E-state index in [1.807, 2.05) is 6.92 Å². The Hall–Kier alpha value is -1.74. The second-order valence-corrected chi connectivity index (χ2v) is 4.15. The highest BCUT2D eigenvalue weighted by Crippen LogP contribution is 2.32. The van der Waals surface area contributed by atoms with Gasteiger partial charge in [0.05, 0.1) is 23.3 Å². The molecule has 1 aromatic rings. The van der Waals surface area contributed by atoms with E-state index in [0.717, 1.165) is 6.07 Å². The number of hydrogen-bond acceptors (Lipinski definition) is 3. The number of anilines is 1. The average molecular weight is 272 g/mol. The summed E-state index contributed by atoms with van der Waals surface area (Å²) in [6, 6.07) is 4.88. The van der Waals surface area contributed by atoms with Gasteiger partial charge in [-0.2, -0.15) is 18.4 Å². The average Bonchev–Trinajstić information content (AvgIpc) is 2.37. The van der Waals surface area contributed by atoms with Gasteiger partial charge in [-0.3, -0.25) is 0 Å². The molecule has 104 valence electrons. The molecule has 3 nitrogen and oxygen atoms in total. The fourth-order valence-electron chi connectivity index (χ4n) is 1.58. The molecular formula is C13H15F3N2O. The molecule has 0 aliphatic rings. The zero-order chi connectivity index (χ0) is 14.5. The first-order valence-electron chi connectivity index (χ1n) is 5.91. The second-order valence-electron chi connectivity index (χ2n) is 4.15. The summed E-state index contributed by atoms with van der Waals surface area (Å²) in [6.07, 6.45) is -3.84. The lowest BCUT2D eigenvalue weighted by Crippen LogP contribution is -2.13. The Bertz CT molecular complexity index is 466. The Morgan fingerprint density at radius 3 is 2.63 bits per heavy atom. The van der Waals surface area contributed by atoms with Crippen LogP contribution in [0.3, 0.4) is 0 Å². The van der Waals surface area contributed by atoms with Gasteiger partial charge in [-0.05, 0) is 31.0 Å². The van der Waals surface area contributed by atoms with E-state index in [1.165, 1.54) is 12.1 Å². The fraction of sp³-hybridized carbons (Fsp3) is 0.462. The molecule has 0 radical (unpaired) electrons. The van der Waals surface area contributed by atoms with E-state index in [2.05, 4.69) is 5.32 Å². The largest absolute Gasteiger partial charge is 0.417 e. The van der Waals surface area contributed by atoms with Crippen molar-refractivity contribution in [1.29, 1.82) is 5.26 Å². The topological polar surface area (TPSA) is 56.0 Å². The lowest BCUT2D eigenvalue weighted by molar-refractivity contribution is -0.137. The molecule has 2 N–H and O–H groups in total. The molecule has 1 unspecified atom stereocenters. The van der Waals surface area contributed by atoms with Crippen LogP contribution in [0.25, 0.3) is 0 Å². The van der Waals surface area contributed by atoms with Crippen LogP contribution in [0.15, 0.2) is 18.2 Å². The van der Waals surface area contributed by atoms with Gasteiger partial charge in [-0.1, -0.05) is 6.92 Å². The minimum absolute atomic E-state index is 0.409. The van der Waals surface area contributed by atoms with Crippen molar-refractivity contribution in [3.8, 4) is 6.07 Å². The van der Waals surface area contributed by atoms with Crippen molar-refractivity contribution in [2.45, 2.75) is 32.0 Å². The minimum atomic E-state index is -4.53. The van der Waals surface area contributed by atoms with Crippen LogP contribution in [0.5, 0.6) is 0 Å². The third-order valence-corrected chi connectivity index (χ3v) is 2.72. The molecule has 0 saturated heterocycles. The minimum Gasteiger partial charge on any atom is -0.393 e. The van der Waals surface area contributed by atoms with Gasteiger partial charge in [0.1, 0.15) is 0 Å². The van der Waals surface area contributed by atoms with Gasteiger partial charge in [-0.15, -0.1) is 0 Å². The molecule has 0 spiro atoms. The molecule has 6 heteroatoms. The van der Waals surface area contributed by atoms with E-state index >= 15 is 0 Å². The zero-order valence-electron chi connectivity index (χ0n) is 10.5. The van der Waals surface area contributed by atoms with Crippen LogP contribution in [-0.4, -0.2) is 17.8 Å². The predicted molar refractivity (Wildman–Crippen MR) is 65.6 cm³/mol. The van der Waals surface area contributed by atoms with E-state index in [-0.39, 0.29) is 0 Å². The number of nitriles is 1. The van der Waals surface area contributed by atoms with Crippen LogP contribution in [0, 0.1) is 11.3 Å². The number of nitrogens with one attached hydrogen (secondary N) is 1. The van der Waals surface area contributed by atoms with Crippen molar-refractivity contribution in [2.75, 3.05) is 11.9 Å². The highest BCUT2D eigenvalue weighted by molar-refractivity contribution is 5.53. The van der Waals surface area contributed by atoms with E-state index in [9.17, 15) is 18.3 Å². The van der Waals surface area contributed by atoms with Crippen LogP contribution in [0.4, 0.5) is 18.9 Å². The highest BCUT2D eigenvalue weighted by Gasteiger charge is 2.33. The fourth-order valence-corrected chi connectivity index (χ4v) is 1.58. The lowest BCUT2D eigenvalue weighted by atomic mass is 10.1. The molecule has 1 aromatic carbocycles. The molecule has 0 heterocycles. The Morgan fingerprint density at radius 2 is 2.11 bits per heavy atom. The number of halogens is 3. The Balaban J connectivity index is 2.76. The molecule has 1 atom stereocenters. The van der Waals surface area contributed by atoms with Crippen molar-refractivity contribution in [1.82, 2.24) is 0 Å². The standard InChI is InChI=1S/C13H15F3N2O/c1-2-11(19)5-6-18-10-3-4-12(13(14,15)16)9(7-10)8-17/h3-4,7,11,18-19H,2,5-6H2,1H3. The summed E-state index contributed by atoms with van der Waals surface area (Å²) in [6.45, 7) is 2.28. The number of hydrogen-bond donors (Lipinski definition) is 2. The van der Waals surface area contributed by atoms with Gasteiger partial charge in [0.15, 0.2) is 0 Å². The summed E-state index contributed by atoms with van der Waals surface area (Å²) >= 11 is 0. The molecule has 19 heavy (non-hydrogen) atoms. The van der Waals surface area contributed by atoms with Crippen LogP contribution >= 0.6 is 0 Å². The van der Waals surface area contributed by atoms with Crippen molar-refractivity contribution >= 4 is 5.69 Å². The van der Waals surface area contributed by atoms with E-state index < -0.39 is 23.4 Å². The van der Waals surface area contributed by atoms with Gasteiger partial charge < -0.3 is 10.4 Å². The van der Waals surface area contributed by atoms with Crippen molar-refractivity contribution in [2.24, 2.45) is 0 Å². The Labute approximate surface area is 109 Å². The maximum absolute atomic E-state index is 12.6. The van der Waals surface area contributed by atoms with Gasteiger partial charge in [0, 0.05) is 12.2 Å². The summed E-state index contributed by atoms with van der Waals surface area (Å²) in [5.41, 5.74) is -0.907. The summed E-state index contributed by atoms with van der Waals surface area (Å²) in [5.74, 6) is 0. The number of alkyl halides is 3. The summed E-state index contributed by atoms with van der Waals surface area (Å²) in [4.78, 5) is 0. The Morgan fingerprint density at radius 1 is 1.42 bits per heavy atom. The van der Waals surface area contributed by atoms with Gasteiger partial charge in [0.25, 0.3) is 0 Å². The first-order valence-corrected chi connectivity index (χ1v) is 5.91. The molecule has 0 saturated carbocycles. The molecular weight excluding hydrogens is 257 g/mol. The molecule has 0 aliphatic carbocycles. The maximum atomic E-state index is 12.6. The second kappa shape index (κ2) is 6.43. The number of rotatable bonds is 5. The first kappa shape index (κ1) is 15.3. The van der Waals surface area contributed by atoms with Gasteiger partial charge in [-0.25, -0.2) is 0 Å². The quantitative estimate of drug-likeness (QED) is 0.865. The van der Waals surface area contributed by atoms with E-state index in [4.69, 9.17) is 5.26 Å².